The summed E-state index contributed by atoms with van der Waals surface area (Å²) in [6.07, 6.45) is 0. The minimum absolute atomic E-state index is 0.146. The van der Waals surface area contributed by atoms with Crippen LogP contribution in [0.15, 0.2) is 0 Å². The van der Waals surface area contributed by atoms with Gasteiger partial charge in [0.05, 0.1) is 7.05 Å². The summed E-state index contributed by atoms with van der Waals surface area (Å²) in [5.74, 6) is 0.110. The zero-order valence-corrected chi connectivity index (χ0v) is 7.93. The van der Waals surface area contributed by atoms with Crippen LogP contribution in [0.3, 0.4) is 0 Å². The smallest absolute Gasteiger partial charge is 0.253 e. The van der Waals surface area contributed by atoms with Gasteiger partial charge in [0, 0.05) is 12.6 Å². The molecule has 0 amide bonds. The summed E-state index contributed by atoms with van der Waals surface area (Å²) < 4.78 is 11.1. The summed E-state index contributed by atoms with van der Waals surface area (Å²) in [7, 11) is -1.06. The van der Waals surface area contributed by atoms with E-state index in [9.17, 15) is 9.46 Å². The fraction of sp³-hybridized carbons (Fsp3) is 1.00. The zero-order chi connectivity index (χ0) is 8.36. The number of hydrogen-bond acceptors (Lipinski definition) is 1. The van der Waals surface area contributed by atoms with Crippen LogP contribution >= 0.6 is 7.37 Å². The van der Waals surface area contributed by atoms with Crippen molar-refractivity contribution in [2.45, 2.75) is 19.6 Å². The van der Waals surface area contributed by atoms with Gasteiger partial charge in [-0.25, -0.2) is 0 Å². The van der Waals surface area contributed by atoms with Gasteiger partial charge in [0.15, 0.2) is 5.78 Å². The lowest BCUT2D eigenvalue weighted by atomic mass is 10.2. The van der Waals surface area contributed by atoms with Crippen molar-refractivity contribution < 1.29 is 14.8 Å². The molecule has 0 aromatic rings. The molecule has 0 saturated heterocycles. The van der Waals surface area contributed by atoms with Gasteiger partial charge in [0.25, 0.3) is 7.37 Å². The minimum atomic E-state index is -2.89. The van der Waals surface area contributed by atoms with E-state index in [1.54, 1.807) is 0 Å². The van der Waals surface area contributed by atoms with E-state index in [1.807, 2.05) is 26.2 Å². The normalized spacial score (nSPS) is 20.6. The van der Waals surface area contributed by atoms with Crippen LogP contribution in [0.25, 0.3) is 0 Å². The summed E-state index contributed by atoms with van der Waals surface area (Å²) in [6, 6.07) is 0. The van der Waals surface area contributed by atoms with Crippen molar-refractivity contribution in [3.05, 3.63) is 0 Å². The lowest BCUT2D eigenvalue weighted by Gasteiger charge is -2.19. The van der Waals surface area contributed by atoms with Crippen molar-refractivity contribution in [2.75, 3.05) is 13.7 Å². The van der Waals surface area contributed by atoms with E-state index in [1.165, 1.54) is 6.66 Å². The molecule has 0 aromatic carbocycles. The summed E-state index contributed by atoms with van der Waals surface area (Å²) in [4.78, 5) is 9.17. The first-order valence-electron chi connectivity index (χ1n) is 3.49. The molecule has 0 aliphatic carbocycles. The van der Waals surface area contributed by atoms with Gasteiger partial charge in [-0.3, -0.25) is 4.57 Å². The Hall–Kier alpha value is 0.150. The van der Waals surface area contributed by atoms with Gasteiger partial charge in [-0.1, -0.05) is 13.8 Å². The predicted molar refractivity (Wildman–Crippen MR) is 42.2 cm³/mol. The molecule has 0 bridgehead atoms. The van der Waals surface area contributed by atoms with Crippen molar-refractivity contribution in [2.24, 2.45) is 5.92 Å². The molecule has 0 saturated carbocycles. The Morgan fingerprint density at radius 2 is 1.90 bits per heavy atom. The van der Waals surface area contributed by atoms with E-state index >= 15 is 0 Å². The summed E-state index contributed by atoms with van der Waals surface area (Å²) in [5.41, 5.74) is 0. The van der Waals surface area contributed by atoms with Crippen molar-refractivity contribution in [3.63, 3.8) is 0 Å². The number of hydrogen-bond donors (Lipinski definition) is 2. The first-order chi connectivity index (χ1) is 4.39. The second-order valence-electron chi connectivity index (χ2n) is 3.01. The van der Waals surface area contributed by atoms with Gasteiger partial charge in [0.2, 0.25) is 0 Å². The molecule has 0 radical (unpaired) electrons. The van der Waals surface area contributed by atoms with Crippen LogP contribution in [0.4, 0.5) is 0 Å². The van der Waals surface area contributed by atoms with Crippen LogP contribution in [0.2, 0.25) is 0 Å². The number of rotatable bonds is 3. The van der Waals surface area contributed by atoms with E-state index in [0.717, 1.165) is 0 Å². The van der Waals surface area contributed by atoms with Crippen LogP contribution < -0.4 is 5.32 Å². The maximum atomic E-state index is 11.1. The molecule has 10 heavy (non-hydrogen) atoms. The maximum absolute atomic E-state index is 11.1. The Morgan fingerprint density at radius 1 is 1.50 bits per heavy atom. The Bertz CT molecular complexity index is 141. The fourth-order valence-corrected chi connectivity index (χ4v) is 2.87. The Kier molecular flexibility index (Phi) is 3.57. The highest BCUT2D eigenvalue weighted by Gasteiger charge is 2.30. The molecule has 3 N–H and O–H groups in total. The monoisotopic (exact) mass is 166 g/mol. The maximum Gasteiger partial charge on any atom is 0.253 e. The third kappa shape index (κ3) is 2.82. The minimum Gasteiger partial charge on any atom is -0.340 e. The highest BCUT2D eigenvalue weighted by Crippen LogP contribution is 2.41. The SMILES string of the molecule is C[NH2+][C@H](C(C)C)P(C)(=O)O. The highest BCUT2D eigenvalue weighted by molar-refractivity contribution is 7.57. The van der Waals surface area contributed by atoms with Crippen molar-refractivity contribution in [1.82, 2.24) is 0 Å². The van der Waals surface area contributed by atoms with Gasteiger partial charge in [0.1, 0.15) is 0 Å². The Balaban J connectivity index is 4.22. The molecule has 62 valence electrons. The van der Waals surface area contributed by atoms with Crippen LogP contribution in [0.1, 0.15) is 13.8 Å². The second kappa shape index (κ2) is 3.51. The molecule has 2 atom stereocenters. The zero-order valence-electron chi connectivity index (χ0n) is 7.03. The summed E-state index contributed by atoms with van der Waals surface area (Å²) in [5, 5.41) is 1.81. The lowest BCUT2D eigenvalue weighted by Crippen LogP contribution is -2.87. The van der Waals surface area contributed by atoms with Gasteiger partial charge in [-0.05, 0) is 0 Å². The fourth-order valence-electron chi connectivity index (χ4n) is 1.21. The summed E-state index contributed by atoms with van der Waals surface area (Å²) in [6.45, 7) is 5.33. The molecular formula is C6H17NO2P+. The van der Waals surface area contributed by atoms with E-state index in [2.05, 4.69) is 0 Å². The van der Waals surface area contributed by atoms with Crippen molar-refractivity contribution >= 4 is 7.37 Å². The van der Waals surface area contributed by atoms with Gasteiger partial charge >= 0.3 is 0 Å². The number of quaternary nitrogens is 1. The molecule has 4 heteroatoms. The molecule has 0 fully saturated rings. The first kappa shape index (κ1) is 10.2. The van der Waals surface area contributed by atoms with E-state index in [0.29, 0.717) is 0 Å². The third-order valence-corrected chi connectivity index (χ3v) is 3.58. The van der Waals surface area contributed by atoms with Crippen molar-refractivity contribution in [1.29, 1.82) is 0 Å². The molecule has 3 nitrogen and oxygen atoms in total. The molecule has 1 unspecified atom stereocenters. The number of nitrogens with two attached hydrogens (primary N) is 1. The van der Waals surface area contributed by atoms with Crippen molar-refractivity contribution in [3.8, 4) is 0 Å². The third-order valence-electron chi connectivity index (χ3n) is 1.58. The largest absolute Gasteiger partial charge is 0.340 e. The van der Waals surface area contributed by atoms with Crippen LogP contribution in [0, 0.1) is 5.92 Å². The van der Waals surface area contributed by atoms with E-state index < -0.39 is 7.37 Å². The van der Waals surface area contributed by atoms with Crippen LogP contribution in [-0.4, -0.2) is 24.4 Å². The molecule has 0 aromatic heterocycles. The quantitative estimate of drug-likeness (QED) is 0.582. The standard InChI is InChI=1S/C6H16NO2P/c1-5(2)6(7-3)10(4,8)9/h5-7H,1-4H3,(H,8,9)/p+1/t6-/m0/s1. The van der Waals surface area contributed by atoms with E-state index in [4.69, 9.17) is 0 Å². The van der Waals surface area contributed by atoms with Crippen LogP contribution in [-0.2, 0) is 4.57 Å². The van der Waals surface area contributed by atoms with Gasteiger partial charge in [-0.15, -0.1) is 0 Å². The first-order valence-corrected chi connectivity index (χ1v) is 5.66. The summed E-state index contributed by atoms with van der Waals surface area (Å²) >= 11 is 0. The lowest BCUT2D eigenvalue weighted by molar-refractivity contribution is -0.649. The predicted octanol–water partition coefficient (Wildman–Crippen LogP) is 0.0619. The van der Waals surface area contributed by atoms with Crippen LogP contribution in [0.5, 0.6) is 0 Å². The molecular weight excluding hydrogens is 149 g/mol. The highest BCUT2D eigenvalue weighted by atomic mass is 31.2. The molecule has 0 spiro atoms. The average Bonchev–Trinajstić information content (AvgIpc) is 1.60. The van der Waals surface area contributed by atoms with Gasteiger partial charge < -0.3 is 10.2 Å². The topological polar surface area (TPSA) is 53.9 Å². The molecule has 0 aliphatic heterocycles. The Labute approximate surface area is 62.3 Å². The molecule has 0 aliphatic rings. The average molecular weight is 166 g/mol. The second-order valence-corrected chi connectivity index (χ2v) is 5.49. The molecule has 0 rings (SSSR count). The van der Waals surface area contributed by atoms with Gasteiger partial charge in [-0.2, -0.15) is 0 Å². The Morgan fingerprint density at radius 3 is 1.90 bits per heavy atom. The molecule has 0 heterocycles. The van der Waals surface area contributed by atoms with E-state index in [-0.39, 0.29) is 11.7 Å².